The molecule has 0 bridgehead atoms. The van der Waals surface area contributed by atoms with Gasteiger partial charge in [0.1, 0.15) is 10.7 Å². The van der Waals surface area contributed by atoms with Crippen molar-refractivity contribution in [2.75, 3.05) is 0 Å². The monoisotopic (exact) mass is 316 g/mol. The number of carbonyl (C=O) groups excluding carboxylic acids is 1. The number of hydrogen-bond acceptors (Lipinski definition) is 3. The second kappa shape index (κ2) is 7.00. The Balaban J connectivity index is 2.84. The van der Waals surface area contributed by atoms with E-state index in [0.29, 0.717) is 5.92 Å². The number of carbonyl (C=O) groups is 1. The second-order valence-corrected chi connectivity index (χ2v) is 7.07. The number of nitrogens with two attached hydrogens (primary N) is 1. The van der Waals surface area contributed by atoms with E-state index in [4.69, 9.17) is 5.14 Å². The van der Waals surface area contributed by atoms with Crippen LogP contribution in [0.5, 0.6) is 0 Å². The number of sulfonamides is 1. The first-order chi connectivity index (χ1) is 9.61. The van der Waals surface area contributed by atoms with Gasteiger partial charge in [-0.2, -0.15) is 0 Å². The van der Waals surface area contributed by atoms with Gasteiger partial charge in [0, 0.05) is 11.6 Å². The molecule has 0 aromatic heterocycles. The summed E-state index contributed by atoms with van der Waals surface area (Å²) in [5.74, 6) is -0.887. The van der Waals surface area contributed by atoms with E-state index in [0.717, 1.165) is 25.0 Å². The first-order valence-electron chi connectivity index (χ1n) is 6.74. The first kappa shape index (κ1) is 17.6. The number of halogens is 1. The van der Waals surface area contributed by atoms with Gasteiger partial charge in [0.15, 0.2) is 0 Å². The number of rotatable bonds is 6. The Morgan fingerprint density at radius 3 is 2.43 bits per heavy atom. The maximum atomic E-state index is 13.4. The van der Waals surface area contributed by atoms with Gasteiger partial charge in [-0.1, -0.05) is 13.8 Å². The molecule has 0 aliphatic heterocycles. The molecule has 0 aliphatic rings. The molecule has 118 valence electrons. The Morgan fingerprint density at radius 1 is 1.29 bits per heavy atom. The third kappa shape index (κ3) is 5.43. The fourth-order valence-electron chi connectivity index (χ4n) is 1.83. The molecule has 1 unspecified atom stereocenters. The molecule has 0 radical (unpaired) electrons. The van der Waals surface area contributed by atoms with E-state index >= 15 is 0 Å². The Labute approximate surface area is 124 Å². The Hall–Kier alpha value is -1.47. The third-order valence-corrected chi connectivity index (χ3v) is 3.98. The van der Waals surface area contributed by atoms with Gasteiger partial charge in [0.05, 0.1) is 0 Å². The summed E-state index contributed by atoms with van der Waals surface area (Å²) in [5.41, 5.74) is 0.0665. The van der Waals surface area contributed by atoms with Gasteiger partial charge in [-0.3, -0.25) is 4.79 Å². The first-order valence-corrected chi connectivity index (χ1v) is 8.29. The summed E-state index contributed by atoms with van der Waals surface area (Å²) in [6, 6.07) is 3.06. The highest BCUT2D eigenvalue weighted by molar-refractivity contribution is 7.89. The van der Waals surface area contributed by atoms with Crippen LogP contribution in [-0.4, -0.2) is 20.4 Å². The van der Waals surface area contributed by atoms with Crippen molar-refractivity contribution in [1.29, 1.82) is 0 Å². The van der Waals surface area contributed by atoms with Crippen molar-refractivity contribution < 1.29 is 17.6 Å². The van der Waals surface area contributed by atoms with Crippen molar-refractivity contribution >= 4 is 15.9 Å². The highest BCUT2D eigenvalue weighted by atomic mass is 32.2. The molecule has 1 amide bonds. The van der Waals surface area contributed by atoms with Crippen molar-refractivity contribution in [2.45, 2.75) is 44.6 Å². The number of benzene rings is 1. The van der Waals surface area contributed by atoms with Crippen molar-refractivity contribution in [3.8, 4) is 0 Å². The predicted octanol–water partition coefficient (Wildman–Crippen LogP) is 2.03. The van der Waals surface area contributed by atoms with Crippen LogP contribution >= 0.6 is 0 Å². The van der Waals surface area contributed by atoms with Crippen LogP contribution in [0.15, 0.2) is 23.1 Å². The summed E-state index contributed by atoms with van der Waals surface area (Å²) in [4.78, 5) is 11.3. The lowest BCUT2D eigenvalue weighted by atomic mass is 10.0. The molecule has 21 heavy (non-hydrogen) atoms. The van der Waals surface area contributed by atoms with Crippen molar-refractivity contribution in [1.82, 2.24) is 5.32 Å². The molecule has 7 heteroatoms. The SMILES string of the molecule is CC(C)CCC(C)NC(=O)c1ccc(F)c(S(N)(=O)=O)c1. The Morgan fingerprint density at radius 2 is 1.90 bits per heavy atom. The van der Waals surface area contributed by atoms with Crippen LogP contribution in [-0.2, 0) is 10.0 Å². The molecule has 0 heterocycles. The molecule has 0 spiro atoms. The van der Waals surface area contributed by atoms with E-state index in [1.807, 2.05) is 6.92 Å². The molecule has 0 aliphatic carbocycles. The van der Waals surface area contributed by atoms with Crippen molar-refractivity contribution in [2.24, 2.45) is 11.1 Å². The molecular formula is C14H21FN2O3S. The Bertz CT molecular complexity index is 615. The number of nitrogens with one attached hydrogen (secondary N) is 1. The topological polar surface area (TPSA) is 89.3 Å². The van der Waals surface area contributed by atoms with Crippen LogP contribution in [0.1, 0.15) is 44.0 Å². The summed E-state index contributed by atoms with van der Waals surface area (Å²) in [6.07, 6.45) is 1.78. The van der Waals surface area contributed by atoms with Gasteiger partial charge in [0.25, 0.3) is 5.91 Å². The number of amides is 1. The lowest BCUT2D eigenvalue weighted by Crippen LogP contribution is -2.33. The largest absolute Gasteiger partial charge is 0.350 e. The van der Waals surface area contributed by atoms with Crippen molar-refractivity contribution in [3.05, 3.63) is 29.6 Å². The Kier molecular flexibility index (Phi) is 5.86. The molecule has 1 aromatic carbocycles. The summed E-state index contributed by atoms with van der Waals surface area (Å²) < 4.78 is 35.9. The molecule has 1 rings (SSSR count). The molecule has 5 nitrogen and oxygen atoms in total. The molecule has 1 aromatic rings. The summed E-state index contributed by atoms with van der Waals surface area (Å²) in [6.45, 7) is 6.05. The molecule has 0 fully saturated rings. The highest BCUT2D eigenvalue weighted by Crippen LogP contribution is 2.15. The minimum Gasteiger partial charge on any atom is -0.350 e. The lowest BCUT2D eigenvalue weighted by Gasteiger charge is -2.15. The van der Waals surface area contributed by atoms with Gasteiger partial charge in [-0.15, -0.1) is 0 Å². The standard InChI is InChI=1S/C14H21FN2O3S/c1-9(2)4-5-10(3)17-14(18)11-6-7-12(15)13(8-11)21(16,19)20/h6-10H,4-5H2,1-3H3,(H,17,18)(H2,16,19,20). The van der Waals surface area contributed by atoms with E-state index in [2.05, 4.69) is 19.2 Å². The molecule has 1 atom stereocenters. The quantitative estimate of drug-likeness (QED) is 0.841. The summed E-state index contributed by atoms with van der Waals surface area (Å²) >= 11 is 0. The minimum atomic E-state index is -4.19. The van der Waals surface area contributed by atoms with Gasteiger partial charge in [-0.05, 0) is 43.9 Å². The van der Waals surface area contributed by atoms with Gasteiger partial charge in [-0.25, -0.2) is 17.9 Å². The summed E-state index contributed by atoms with van der Waals surface area (Å²) in [7, 11) is -4.19. The van der Waals surface area contributed by atoms with Gasteiger partial charge >= 0.3 is 0 Å². The maximum absolute atomic E-state index is 13.4. The zero-order valence-corrected chi connectivity index (χ0v) is 13.2. The zero-order valence-electron chi connectivity index (χ0n) is 12.4. The fourth-order valence-corrected chi connectivity index (χ4v) is 2.46. The van der Waals surface area contributed by atoms with E-state index < -0.39 is 26.6 Å². The van der Waals surface area contributed by atoms with E-state index in [1.165, 1.54) is 6.07 Å². The molecule has 0 saturated heterocycles. The minimum absolute atomic E-state index is 0.0529. The lowest BCUT2D eigenvalue weighted by molar-refractivity contribution is 0.0937. The van der Waals surface area contributed by atoms with E-state index in [1.54, 1.807) is 0 Å². The van der Waals surface area contributed by atoms with Crippen LogP contribution in [0.3, 0.4) is 0 Å². The van der Waals surface area contributed by atoms with Crippen LogP contribution in [0, 0.1) is 11.7 Å². The van der Waals surface area contributed by atoms with E-state index in [-0.39, 0.29) is 11.6 Å². The highest BCUT2D eigenvalue weighted by Gasteiger charge is 2.18. The molecular weight excluding hydrogens is 295 g/mol. The molecule has 3 N–H and O–H groups in total. The zero-order chi connectivity index (χ0) is 16.2. The van der Waals surface area contributed by atoms with Crippen LogP contribution in [0.4, 0.5) is 4.39 Å². The normalized spacial score (nSPS) is 13.2. The fraction of sp³-hybridized carbons (Fsp3) is 0.500. The van der Waals surface area contributed by atoms with Crippen LogP contribution < -0.4 is 10.5 Å². The van der Waals surface area contributed by atoms with E-state index in [9.17, 15) is 17.6 Å². The average Bonchev–Trinajstić information content (AvgIpc) is 2.35. The van der Waals surface area contributed by atoms with Crippen LogP contribution in [0.2, 0.25) is 0 Å². The maximum Gasteiger partial charge on any atom is 0.251 e. The number of hydrogen-bond donors (Lipinski definition) is 2. The van der Waals surface area contributed by atoms with Gasteiger partial charge in [0.2, 0.25) is 10.0 Å². The third-order valence-electron chi connectivity index (χ3n) is 3.05. The summed E-state index contributed by atoms with van der Waals surface area (Å²) in [5, 5.41) is 7.66. The van der Waals surface area contributed by atoms with Gasteiger partial charge < -0.3 is 5.32 Å². The smallest absolute Gasteiger partial charge is 0.251 e. The molecule has 0 saturated carbocycles. The van der Waals surface area contributed by atoms with Crippen molar-refractivity contribution in [3.63, 3.8) is 0 Å². The van der Waals surface area contributed by atoms with Crippen LogP contribution in [0.25, 0.3) is 0 Å². The predicted molar refractivity (Wildman–Crippen MR) is 78.8 cm³/mol. The number of primary sulfonamides is 1. The average molecular weight is 316 g/mol. The second-order valence-electron chi connectivity index (χ2n) is 5.54.